The van der Waals surface area contributed by atoms with Gasteiger partial charge in [-0.15, -0.1) is 0 Å². The molecule has 12 heavy (non-hydrogen) atoms. The van der Waals surface area contributed by atoms with Gasteiger partial charge >= 0.3 is 0 Å². The molecule has 1 rings (SSSR count). The van der Waals surface area contributed by atoms with E-state index in [9.17, 15) is 10.2 Å². The predicted molar refractivity (Wildman–Crippen MR) is 51.7 cm³/mol. The fourth-order valence-corrected chi connectivity index (χ4v) is 1.57. The number of hydrogen-bond donors (Lipinski definition) is 2. The highest BCUT2D eigenvalue weighted by Crippen LogP contribution is 2.40. The van der Waals surface area contributed by atoms with Crippen molar-refractivity contribution in [3.05, 3.63) is 21.2 Å². The van der Waals surface area contributed by atoms with Crippen molar-refractivity contribution in [3.63, 3.8) is 0 Å². The molecule has 0 saturated heterocycles. The summed E-state index contributed by atoms with van der Waals surface area (Å²) in [6, 6.07) is 0. The summed E-state index contributed by atoms with van der Waals surface area (Å²) in [5.74, 6) is -0.111. The van der Waals surface area contributed by atoms with Crippen molar-refractivity contribution in [3.8, 4) is 11.5 Å². The van der Waals surface area contributed by atoms with Gasteiger partial charge in [-0.1, -0.05) is 0 Å². The Balaban J connectivity index is 3.60. The lowest BCUT2D eigenvalue weighted by molar-refractivity contribution is 0.398. The van der Waals surface area contributed by atoms with Gasteiger partial charge in [0.15, 0.2) is 11.5 Å². The molecule has 0 atom stereocenters. The summed E-state index contributed by atoms with van der Waals surface area (Å²) in [7, 11) is 0. The van der Waals surface area contributed by atoms with Crippen LogP contribution in [0.2, 0.25) is 0 Å². The Hall–Kier alpha value is -0.700. The zero-order valence-corrected chi connectivity index (χ0v) is 8.86. The first-order chi connectivity index (χ1) is 5.46. The van der Waals surface area contributed by atoms with Gasteiger partial charge in [-0.25, -0.2) is 0 Å². The maximum Gasteiger partial charge on any atom is 0.172 e. The Morgan fingerprint density at radius 3 is 1.83 bits per heavy atom. The molecule has 66 valence electrons. The van der Waals surface area contributed by atoms with E-state index in [0.29, 0.717) is 4.47 Å². The minimum absolute atomic E-state index is 0.0371. The molecule has 2 nitrogen and oxygen atoms in total. The van der Waals surface area contributed by atoms with Gasteiger partial charge in [0.05, 0.1) is 4.47 Å². The lowest BCUT2D eigenvalue weighted by Gasteiger charge is -2.11. The number of rotatable bonds is 0. The van der Waals surface area contributed by atoms with Gasteiger partial charge < -0.3 is 10.2 Å². The van der Waals surface area contributed by atoms with Gasteiger partial charge in [0, 0.05) is 0 Å². The van der Waals surface area contributed by atoms with Crippen LogP contribution in [0.25, 0.3) is 0 Å². The molecule has 0 bridgehead atoms. The SMILES string of the molecule is Cc1c(C)c(O)c(O)c(Br)c1C. The Bertz CT molecular complexity index is 227. The normalized spacial score (nSPS) is 10.3. The first-order valence-corrected chi connectivity index (χ1v) is 4.43. The van der Waals surface area contributed by atoms with E-state index < -0.39 is 0 Å². The van der Waals surface area contributed by atoms with E-state index in [4.69, 9.17) is 0 Å². The Morgan fingerprint density at radius 1 is 0.833 bits per heavy atom. The first kappa shape index (κ1) is 9.39. The second-order valence-electron chi connectivity index (χ2n) is 2.89. The number of aromatic hydroxyl groups is 2. The summed E-state index contributed by atoms with van der Waals surface area (Å²) >= 11 is 3.20. The Morgan fingerprint density at radius 2 is 1.33 bits per heavy atom. The monoisotopic (exact) mass is 230 g/mol. The number of halogens is 1. The van der Waals surface area contributed by atoms with Crippen molar-refractivity contribution < 1.29 is 10.2 Å². The molecule has 0 unspecified atom stereocenters. The van der Waals surface area contributed by atoms with Gasteiger partial charge in [-0.3, -0.25) is 0 Å². The van der Waals surface area contributed by atoms with Crippen LogP contribution in [0, 0.1) is 20.8 Å². The molecule has 0 aliphatic rings. The number of phenolic OH excluding ortho intramolecular Hbond substituents is 2. The summed E-state index contributed by atoms with van der Waals surface area (Å²) in [5, 5.41) is 18.8. The van der Waals surface area contributed by atoms with Crippen LogP contribution < -0.4 is 0 Å². The van der Waals surface area contributed by atoms with Crippen molar-refractivity contribution in [1.82, 2.24) is 0 Å². The molecule has 1 aromatic rings. The molecule has 3 heteroatoms. The average Bonchev–Trinajstić information content (AvgIpc) is 2.08. The van der Waals surface area contributed by atoms with Gasteiger partial charge in [0.25, 0.3) is 0 Å². The van der Waals surface area contributed by atoms with Gasteiger partial charge in [-0.05, 0) is 53.4 Å². The fourth-order valence-electron chi connectivity index (χ4n) is 1.08. The van der Waals surface area contributed by atoms with E-state index in [-0.39, 0.29) is 11.5 Å². The van der Waals surface area contributed by atoms with E-state index in [2.05, 4.69) is 15.9 Å². The van der Waals surface area contributed by atoms with Crippen molar-refractivity contribution in [1.29, 1.82) is 0 Å². The summed E-state index contributed by atoms with van der Waals surface area (Å²) in [6.45, 7) is 5.59. The lowest BCUT2D eigenvalue weighted by Crippen LogP contribution is -1.89. The van der Waals surface area contributed by atoms with Crippen molar-refractivity contribution in [2.24, 2.45) is 0 Å². The third-order valence-electron chi connectivity index (χ3n) is 2.24. The van der Waals surface area contributed by atoms with E-state index in [1.54, 1.807) is 6.92 Å². The molecular weight excluding hydrogens is 220 g/mol. The number of hydrogen-bond acceptors (Lipinski definition) is 2. The van der Waals surface area contributed by atoms with Gasteiger partial charge in [-0.2, -0.15) is 0 Å². The third kappa shape index (κ3) is 1.18. The van der Waals surface area contributed by atoms with Crippen LogP contribution in [0.3, 0.4) is 0 Å². The van der Waals surface area contributed by atoms with Crippen molar-refractivity contribution >= 4 is 15.9 Å². The molecule has 2 N–H and O–H groups in total. The lowest BCUT2D eigenvalue weighted by atomic mass is 10.0. The fraction of sp³-hybridized carbons (Fsp3) is 0.333. The van der Waals surface area contributed by atoms with Gasteiger partial charge in [0.1, 0.15) is 0 Å². The maximum atomic E-state index is 9.41. The van der Waals surface area contributed by atoms with Crippen LogP contribution in [0.1, 0.15) is 16.7 Å². The molecular formula is C9H11BrO2. The van der Waals surface area contributed by atoms with E-state index >= 15 is 0 Å². The molecule has 0 aliphatic heterocycles. The largest absolute Gasteiger partial charge is 0.504 e. The van der Waals surface area contributed by atoms with E-state index in [1.807, 2.05) is 13.8 Å². The standard InChI is InChI=1S/C9H11BrO2/c1-4-5(2)7(10)9(12)8(11)6(4)3/h11-12H,1-3H3. The van der Waals surface area contributed by atoms with Crippen LogP contribution in [0.15, 0.2) is 4.47 Å². The molecule has 1 aromatic carbocycles. The smallest absolute Gasteiger partial charge is 0.172 e. The maximum absolute atomic E-state index is 9.41. The molecule has 0 heterocycles. The minimum Gasteiger partial charge on any atom is -0.504 e. The summed E-state index contributed by atoms with van der Waals surface area (Å²) < 4.78 is 0.572. The molecule has 0 spiro atoms. The second-order valence-corrected chi connectivity index (χ2v) is 3.68. The molecule has 0 aliphatic carbocycles. The average molecular weight is 231 g/mol. The Kier molecular flexibility index (Phi) is 2.33. The van der Waals surface area contributed by atoms with E-state index in [0.717, 1.165) is 16.7 Å². The molecule has 0 aromatic heterocycles. The zero-order chi connectivity index (χ0) is 9.46. The van der Waals surface area contributed by atoms with Crippen LogP contribution in [0.5, 0.6) is 11.5 Å². The first-order valence-electron chi connectivity index (χ1n) is 3.64. The van der Waals surface area contributed by atoms with Gasteiger partial charge in [0.2, 0.25) is 0 Å². The highest BCUT2D eigenvalue weighted by molar-refractivity contribution is 9.10. The summed E-state index contributed by atoms with van der Waals surface area (Å²) in [6.07, 6.45) is 0. The Labute approximate surface area is 80.0 Å². The second kappa shape index (κ2) is 2.98. The molecule has 0 saturated carbocycles. The van der Waals surface area contributed by atoms with Crippen LogP contribution >= 0.6 is 15.9 Å². The van der Waals surface area contributed by atoms with Crippen LogP contribution in [-0.4, -0.2) is 10.2 Å². The van der Waals surface area contributed by atoms with Crippen molar-refractivity contribution in [2.75, 3.05) is 0 Å². The highest BCUT2D eigenvalue weighted by Gasteiger charge is 2.13. The van der Waals surface area contributed by atoms with Crippen molar-refractivity contribution in [2.45, 2.75) is 20.8 Å². The summed E-state index contributed by atoms with van der Waals surface area (Å²) in [5.41, 5.74) is 2.69. The minimum atomic E-state index is -0.0735. The highest BCUT2D eigenvalue weighted by atomic mass is 79.9. The topological polar surface area (TPSA) is 40.5 Å². The number of benzene rings is 1. The zero-order valence-electron chi connectivity index (χ0n) is 7.27. The van der Waals surface area contributed by atoms with Crippen LogP contribution in [-0.2, 0) is 0 Å². The predicted octanol–water partition coefficient (Wildman–Crippen LogP) is 2.79. The van der Waals surface area contributed by atoms with E-state index in [1.165, 1.54) is 0 Å². The third-order valence-corrected chi connectivity index (χ3v) is 3.21. The summed E-state index contributed by atoms with van der Waals surface area (Å²) in [4.78, 5) is 0. The number of phenols is 2. The molecule has 0 fully saturated rings. The van der Waals surface area contributed by atoms with Crippen LogP contribution in [0.4, 0.5) is 0 Å². The quantitative estimate of drug-likeness (QED) is 0.674. The molecule has 0 radical (unpaired) electrons. The molecule has 0 amide bonds.